The zero-order valence-corrected chi connectivity index (χ0v) is 10.6. The van der Waals surface area contributed by atoms with E-state index in [2.05, 4.69) is 0 Å². The molecule has 2 N–H and O–H groups in total. The molecule has 2 aromatic rings. The van der Waals surface area contributed by atoms with Gasteiger partial charge in [0.2, 0.25) is 5.76 Å². The molecule has 100 valence electrons. The molecule has 0 unspecified atom stereocenters. The molecule has 0 aliphatic carbocycles. The molecule has 0 saturated heterocycles. The Hall–Kier alpha value is -2.30. The van der Waals surface area contributed by atoms with Crippen LogP contribution in [0.4, 0.5) is 5.69 Å². The van der Waals surface area contributed by atoms with Crippen molar-refractivity contribution in [2.45, 2.75) is 19.8 Å². The minimum Gasteiger partial charge on any atom is -0.460 e. The fourth-order valence-electron chi connectivity index (χ4n) is 1.65. The van der Waals surface area contributed by atoms with E-state index in [0.717, 1.165) is 18.9 Å². The molecule has 19 heavy (non-hydrogen) atoms. The van der Waals surface area contributed by atoms with Crippen molar-refractivity contribution in [2.75, 3.05) is 12.3 Å². The van der Waals surface area contributed by atoms with Gasteiger partial charge in [-0.05, 0) is 24.6 Å². The molecule has 0 aliphatic heterocycles. The maximum absolute atomic E-state index is 11.9. The van der Waals surface area contributed by atoms with Crippen molar-refractivity contribution in [2.24, 2.45) is 0 Å². The van der Waals surface area contributed by atoms with Crippen LogP contribution in [0.3, 0.4) is 0 Å². The third kappa shape index (κ3) is 2.93. The van der Waals surface area contributed by atoms with Crippen LogP contribution in [0.5, 0.6) is 0 Å². The Bertz CT molecular complexity index is 660. The SMILES string of the molecule is CCCCOC(=O)c1cc(=O)c2cc(N)ccc2o1. The molecule has 5 heteroatoms. The molecule has 1 aromatic carbocycles. The Morgan fingerprint density at radius 1 is 1.37 bits per heavy atom. The summed E-state index contributed by atoms with van der Waals surface area (Å²) in [4.78, 5) is 23.6. The van der Waals surface area contributed by atoms with Crippen LogP contribution >= 0.6 is 0 Å². The van der Waals surface area contributed by atoms with Gasteiger partial charge in [0.1, 0.15) is 5.58 Å². The smallest absolute Gasteiger partial charge is 0.374 e. The first kappa shape index (κ1) is 13.1. The van der Waals surface area contributed by atoms with Crippen LogP contribution < -0.4 is 11.2 Å². The van der Waals surface area contributed by atoms with Crippen LogP contribution in [0, 0.1) is 0 Å². The molecule has 0 saturated carbocycles. The number of hydrogen-bond acceptors (Lipinski definition) is 5. The largest absolute Gasteiger partial charge is 0.460 e. The summed E-state index contributed by atoms with van der Waals surface area (Å²) < 4.78 is 10.4. The number of hydrogen-bond donors (Lipinski definition) is 1. The number of unbranched alkanes of at least 4 members (excludes halogenated alkanes) is 1. The quantitative estimate of drug-likeness (QED) is 0.519. The Morgan fingerprint density at radius 3 is 2.89 bits per heavy atom. The molecule has 1 aromatic heterocycles. The van der Waals surface area contributed by atoms with Crippen molar-refractivity contribution in [3.05, 3.63) is 40.2 Å². The van der Waals surface area contributed by atoms with Crippen molar-refractivity contribution < 1.29 is 13.9 Å². The molecule has 1 heterocycles. The summed E-state index contributed by atoms with van der Waals surface area (Å²) in [6.07, 6.45) is 1.70. The molecule has 2 rings (SSSR count). The third-order valence-electron chi connectivity index (χ3n) is 2.68. The predicted octanol–water partition coefficient (Wildman–Crippen LogP) is 2.33. The molecule has 0 bridgehead atoms. The van der Waals surface area contributed by atoms with Crippen molar-refractivity contribution >= 4 is 22.6 Å². The maximum Gasteiger partial charge on any atom is 0.374 e. The van der Waals surface area contributed by atoms with E-state index in [1.54, 1.807) is 12.1 Å². The highest BCUT2D eigenvalue weighted by atomic mass is 16.5. The van der Waals surface area contributed by atoms with Crippen molar-refractivity contribution in [3.63, 3.8) is 0 Å². The standard InChI is InChI=1S/C14H15NO4/c1-2-3-6-18-14(17)13-8-11(16)10-7-9(15)4-5-12(10)19-13/h4-5,7-8H,2-3,6,15H2,1H3. The van der Waals surface area contributed by atoms with Crippen LogP contribution in [0.25, 0.3) is 11.0 Å². The molecule has 0 aliphatic rings. The van der Waals surface area contributed by atoms with Gasteiger partial charge in [0.05, 0.1) is 12.0 Å². The number of rotatable bonds is 4. The minimum atomic E-state index is -0.621. The molecule has 5 nitrogen and oxygen atoms in total. The van der Waals surface area contributed by atoms with E-state index < -0.39 is 5.97 Å². The van der Waals surface area contributed by atoms with Gasteiger partial charge in [0, 0.05) is 11.8 Å². The van der Waals surface area contributed by atoms with Crippen molar-refractivity contribution in [3.8, 4) is 0 Å². The van der Waals surface area contributed by atoms with Crippen LogP contribution in [0.1, 0.15) is 30.3 Å². The first-order valence-corrected chi connectivity index (χ1v) is 6.12. The van der Waals surface area contributed by atoms with E-state index in [1.165, 1.54) is 6.07 Å². The highest BCUT2D eigenvalue weighted by molar-refractivity contribution is 5.89. The van der Waals surface area contributed by atoms with Crippen molar-refractivity contribution in [1.29, 1.82) is 0 Å². The third-order valence-corrected chi connectivity index (χ3v) is 2.68. The number of nitrogens with two attached hydrogens (primary N) is 1. The second-order valence-electron chi connectivity index (χ2n) is 4.22. The fourth-order valence-corrected chi connectivity index (χ4v) is 1.65. The lowest BCUT2D eigenvalue weighted by Gasteiger charge is -2.04. The number of ether oxygens (including phenoxy) is 1. The minimum absolute atomic E-state index is 0.0848. The average molecular weight is 261 g/mol. The number of nitrogen functional groups attached to an aromatic ring is 1. The van der Waals surface area contributed by atoms with Crippen LogP contribution in [-0.4, -0.2) is 12.6 Å². The number of anilines is 1. The van der Waals surface area contributed by atoms with Crippen LogP contribution in [0.15, 0.2) is 33.5 Å². The summed E-state index contributed by atoms with van der Waals surface area (Å²) in [6.45, 7) is 2.31. The second-order valence-corrected chi connectivity index (χ2v) is 4.22. The zero-order valence-electron chi connectivity index (χ0n) is 10.6. The first-order valence-electron chi connectivity index (χ1n) is 6.12. The number of carbonyl (C=O) groups excluding carboxylic acids is 1. The Balaban J connectivity index is 2.33. The Kier molecular flexibility index (Phi) is 3.85. The molecular weight excluding hydrogens is 246 g/mol. The lowest BCUT2D eigenvalue weighted by Crippen LogP contribution is -2.11. The zero-order chi connectivity index (χ0) is 13.8. The van der Waals surface area contributed by atoms with Gasteiger partial charge in [-0.3, -0.25) is 4.79 Å². The van der Waals surface area contributed by atoms with E-state index in [-0.39, 0.29) is 11.2 Å². The fraction of sp³-hybridized carbons (Fsp3) is 0.286. The second kappa shape index (κ2) is 5.56. The average Bonchev–Trinajstić information content (AvgIpc) is 2.39. The van der Waals surface area contributed by atoms with Crippen LogP contribution in [-0.2, 0) is 4.74 Å². The maximum atomic E-state index is 11.9. The molecule has 0 amide bonds. The van der Waals surface area contributed by atoms with Gasteiger partial charge in [-0.25, -0.2) is 4.79 Å². The van der Waals surface area contributed by atoms with Gasteiger partial charge in [0.15, 0.2) is 5.43 Å². The van der Waals surface area contributed by atoms with Gasteiger partial charge < -0.3 is 14.9 Å². The van der Waals surface area contributed by atoms with Gasteiger partial charge >= 0.3 is 5.97 Å². The Labute approximate surface area is 110 Å². The highest BCUT2D eigenvalue weighted by Crippen LogP contribution is 2.16. The normalized spacial score (nSPS) is 10.6. The van der Waals surface area contributed by atoms with Crippen LogP contribution in [0.2, 0.25) is 0 Å². The lowest BCUT2D eigenvalue weighted by atomic mass is 10.2. The Morgan fingerprint density at radius 2 is 2.16 bits per heavy atom. The van der Waals surface area contributed by atoms with Crippen molar-refractivity contribution in [1.82, 2.24) is 0 Å². The first-order chi connectivity index (χ1) is 9.11. The van der Waals surface area contributed by atoms with Gasteiger partial charge in [-0.1, -0.05) is 13.3 Å². The summed E-state index contributed by atoms with van der Waals surface area (Å²) in [6, 6.07) is 5.83. The summed E-state index contributed by atoms with van der Waals surface area (Å²) in [5.74, 6) is -0.706. The lowest BCUT2D eigenvalue weighted by molar-refractivity contribution is 0.0464. The summed E-state index contributed by atoms with van der Waals surface area (Å²) in [5.41, 5.74) is 6.08. The van der Waals surface area contributed by atoms with Gasteiger partial charge in [-0.15, -0.1) is 0 Å². The highest BCUT2D eigenvalue weighted by Gasteiger charge is 2.13. The van der Waals surface area contributed by atoms with Gasteiger partial charge in [0.25, 0.3) is 0 Å². The summed E-state index contributed by atoms with van der Waals surface area (Å²) in [7, 11) is 0. The topological polar surface area (TPSA) is 82.5 Å². The van der Waals surface area contributed by atoms with E-state index in [9.17, 15) is 9.59 Å². The summed E-state index contributed by atoms with van der Waals surface area (Å²) >= 11 is 0. The summed E-state index contributed by atoms with van der Waals surface area (Å²) in [5, 5.41) is 0.352. The monoisotopic (exact) mass is 261 g/mol. The molecule has 0 atom stereocenters. The number of carbonyl (C=O) groups is 1. The van der Waals surface area contributed by atoms with E-state index in [1.807, 2.05) is 6.92 Å². The molecule has 0 fully saturated rings. The number of fused-ring (bicyclic) bond motifs is 1. The molecular formula is C14H15NO4. The van der Waals surface area contributed by atoms with E-state index in [0.29, 0.717) is 23.3 Å². The number of esters is 1. The molecule has 0 radical (unpaired) electrons. The predicted molar refractivity (Wildman–Crippen MR) is 72.1 cm³/mol. The van der Waals surface area contributed by atoms with E-state index >= 15 is 0 Å². The van der Waals surface area contributed by atoms with E-state index in [4.69, 9.17) is 14.9 Å². The number of benzene rings is 1. The van der Waals surface area contributed by atoms with Gasteiger partial charge in [-0.2, -0.15) is 0 Å². The molecule has 0 spiro atoms.